The Morgan fingerprint density at radius 2 is 2.20 bits per heavy atom. The third-order valence-corrected chi connectivity index (χ3v) is 5.34. The molecule has 3 rings (SSSR count). The summed E-state index contributed by atoms with van der Waals surface area (Å²) in [5.74, 6) is 0.292. The van der Waals surface area contributed by atoms with Gasteiger partial charge in [-0.05, 0) is 29.8 Å². The summed E-state index contributed by atoms with van der Waals surface area (Å²) in [5, 5.41) is 0.843. The number of halogens is 2. The molecule has 2 aromatic rings. The van der Waals surface area contributed by atoms with E-state index in [0.717, 1.165) is 5.56 Å². The van der Waals surface area contributed by atoms with Crippen LogP contribution in [0.5, 0.6) is 5.75 Å². The maximum absolute atomic E-state index is 12.7. The average Bonchev–Trinajstić information content (AvgIpc) is 2.83. The van der Waals surface area contributed by atoms with E-state index in [1.165, 1.54) is 18.9 Å². The molecule has 0 radical (unpaired) electrons. The largest absolute Gasteiger partial charge is 0.495 e. The molecule has 0 saturated carbocycles. The van der Waals surface area contributed by atoms with Crippen LogP contribution in [-0.4, -0.2) is 27.2 Å². The quantitative estimate of drug-likeness (QED) is 0.534. The van der Waals surface area contributed by atoms with E-state index < -0.39 is 0 Å². The van der Waals surface area contributed by atoms with E-state index in [-0.39, 0.29) is 5.91 Å². The van der Waals surface area contributed by atoms with Gasteiger partial charge in [0.15, 0.2) is 0 Å². The molecule has 25 heavy (non-hydrogen) atoms. The van der Waals surface area contributed by atoms with Crippen molar-refractivity contribution in [1.29, 1.82) is 0 Å². The van der Waals surface area contributed by atoms with E-state index >= 15 is 0 Å². The number of thioether (sulfide) groups is 1. The number of thiocarbonyl (C=S) groups is 1. The van der Waals surface area contributed by atoms with Gasteiger partial charge in [0.1, 0.15) is 10.1 Å². The first kappa shape index (κ1) is 18.2. The zero-order chi connectivity index (χ0) is 18.0. The van der Waals surface area contributed by atoms with Crippen LogP contribution in [0.25, 0.3) is 6.08 Å². The minimum atomic E-state index is -0.169. The summed E-state index contributed by atoms with van der Waals surface area (Å²) in [4.78, 5) is 18.8. The third-order valence-electron chi connectivity index (χ3n) is 3.46. The molecule has 2 heterocycles. The van der Waals surface area contributed by atoms with Crippen molar-refractivity contribution in [3.8, 4) is 5.75 Å². The molecule has 0 aliphatic carbocycles. The Morgan fingerprint density at radius 1 is 1.40 bits per heavy atom. The Balaban J connectivity index is 1.91. The maximum atomic E-state index is 12.7. The average molecular weight is 411 g/mol. The van der Waals surface area contributed by atoms with E-state index in [9.17, 15) is 4.79 Å². The molecule has 4 nitrogen and oxygen atoms in total. The van der Waals surface area contributed by atoms with Gasteiger partial charge in [0.05, 0.1) is 23.6 Å². The predicted molar refractivity (Wildman–Crippen MR) is 106 cm³/mol. The number of hydrogen-bond acceptors (Lipinski definition) is 5. The lowest BCUT2D eigenvalue weighted by atomic mass is 10.1. The van der Waals surface area contributed by atoms with Crippen LogP contribution in [0.15, 0.2) is 41.6 Å². The smallest absolute Gasteiger partial charge is 0.266 e. The van der Waals surface area contributed by atoms with Crippen LogP contribution in [0.3, 0.4) is 0 Å². The Kier molecular flexibility index (Phi) is 5.64. The highest BCUT2D eigenvalue weighted by Crippen LogP contribution is 2.38. The summed E-state index contributed by atoms with van der Waals surface area (Å²) < 4.78 is 5.81. The zero-order valence-corrected chi connectivity index (χ0v) is 16.2. The van der Waals surface area contributed by atoms with Crippen molar-refractivity contribution in [2.75, 3.05) is 7.11 Å². The van der Waals surface area contributed by atoms with Gasteiger partial charge >= 0.3 is 0 Å². The summed E-state index contributed by atoms with van der Waals surface area (Å²) >= 11 is 18.8. The van der Waals surface area contributed by atoms with E-state index in [1.807, 2.05) is 12.1 Å². The Labute approximate surface area is 164 Å². The SMILES string of the molecule is COc1c(Cl)cc(Cl)cc1/C=C1/SC(=S)N(Cc2cccnc2)C1=O. The van der Waals surface area contributed by atoms with Crippen LogP contribution in [0.2, 0.25) is 10.0 Å². The van der Waals surface area contributed by atoms with Crippen molar-refractivity contribution in [2.24, 2.45) is 0 Å². The van der Waals surface area contributed by atoms with E-state index in [0.29, 0.717) is 37.1 Å². The molecule has 1 amide bonds. The normalized spacial score (nSPS) is 16.0. The van der Waals surface area contributed by atoms with Crippen LogP contribution in [0.1, 0.15) is 11.1 Å². The first-order valence-electron chi connectivity index (χ1n) is 7.17. The summed E-state index contributed by atoms with van der Waals surface area (Å²) in [5.41, 5.74) is 1.53. The monoisotopic (exact) mass is 410 g/mol. The Hall–Kier alpha value is -1.60. The number of methoxy groups -OCH3 is 1. The molecule has 128 valence electrons. The molecule has 1 aromatic heterocycles. The minimum Gasteiger partial charge on any atom is -0.495 e. The lowest BCUT2D eigenvalue weighted by Gasteiger charge is -2.14. The summed E-state index contributed by atoms with van der Waals surface area (Å²) in [6, 6.07) is 7.00. The standard InChI is InChI=1S/C17H12Cl2N2O2S2/c1-23-15-11(5-12(18)7-13(15)19)6-14-16(22)21(17(24)25-14)9-10-3-2-4-20-8-10/h2-8H,9H2,1H3/b14-6+. The van der Waals surface area contributed by atoms with Crippen molar-refractivity contribution in [2.45, 2.75) is 6.54 Å². The maximum Gasteiger partial charge on any atom is 0.266 e. The molecule has 0 unspecified atom stereocenters. The van der Waals surface area contributed by atoms with Crippen LogP contribution in [0, 0.1) is 0 Å². The number of aromatic nitrogens is 1. The van der Waals surface area contributed by atoms with Gasteiger partial charge in [-0.15, -0.1) is 0 Å². The van der Waals surface area contributed by atoms with Crippen LogP contribution < -0.4 is 4.74 Å². The molecule has 1 aliphatic rings. The van der Waals surface area contributed by atoms with E-state index in [4.69, 9.17) is 40.2 Å². The van der Waals surface area contributed by atoms with Crippen molar-refractivity contribution in [3.05, 3.63) is 62.7 Å². The van der Waals surface area contributed by atoms with Crippen LogP contribution >= 0.6 is 47.2 Å². The number of ether oxygens (including phenoxy) is 1. The molecule has 1 saturated heterocycles. The number of carbonyl (C=O) groups excluding carboxylic acids is 1. The van der Waals surface area contributed by atoms with Crippen molar-refractivity contribution in [3.63, 3.8) is 0 Å². The van der Waals surface area contributed by atoms with Gasteiger partial charge in [-0.3, -0.25) is 14.7 Å². The summed E-state index contributed by atoms with van der Waals surface area (Å²) in [6.45, 7) is 0.378. The van der Waals surface area contributed by atoms with Gasteiger partial charge in [-0.1, -0.05) is 53.2 Å². The fraction of sp³-hybridized carbons (Fsp3) is 0.118. The number of rotatable bonds is 4. The van der Waals surface area contributed by atoms with Gasteiger partial charge in [0.2, 0.25) is 0 Å². The van der Waals surface area contributed by atoms with Crippen LogP contribution in [-0.2, 0) is 11.3 Å². The lowest BCUT2D eigenvalue weighted by molar-refractivity contribution is -0.122. The highest BCUT2D eigenvalue weighted by atomic mass is 35.5. The number of carbonyl (C=O) groups is 1. The fourth-order valence-corrected chi connectivity index (χ4v) is 4.19. The van der Waals surface area contributed by atoms with Gasteiger partial charge in [-0.2, -0.15) is 0 Å². The topological polar surface area (TPSA) is 42.4 Å². The first-order valence-corrected chi connectivity index (χ1v) is 9.15. The molecule has 1 fully saturated rings. The number of nitrogens with zero attached hydrogens (tertiary/aromatic N) is 2. The molecule has 0 atom stereocenters. The second-order valence-corrected chi connectivity index (χ2v) is 7.66. The fourth-order valence-electron chi connectivity index (χ4n) is 2.35. The van der Waals surface area contributed by atoms with E-state index in [1.54, 1.807) is 35.5 Å². The molecule has 8 heteroatoms. The van der Waals surface area contributed by atoms with Crippen molar-refractivity contribution < 1.29 is 9.53 Å². The van der Waals surface area contributed by atoms with Gasteiger partial charge in [0.25, 0.3) is 5.91 Å². The van der Waals surface area contributed by atoms with Crippen molar-refractivity contribution >= 4 is 63.5 Å². The Bertz CT molecular complexity index is 872. The van der Waals surface area contributed by atoms with Crippen molar-refractivity contribution in [1.82, 2.24) is 9.88 Å². The molecule has 0 bridgehead atoms. The number of hydrogen-bond donors (Lipinski definition) is 0. The van der Waals surface area contributed by atoms with Gasteiger partial charge in [0, 0.05) is 23.0 Å². The highest BCUT2D eigenvalue weighted by molar-refractivity contribution is 8.26. The second-order valence-electron chi connectivity index (χ2n) is 5.14. The van der Waals surface area contributed by atoms with E-state index in [2.05, 4.69) is 4.98 Å². The summed E-state index contributed by atoms with van der Waals surface area (Å²) in [6.07, 6.45) is 5.09. The molecular weight excluding hydrogens is 399 g/mol. The molecule has 0 N–H and O–H groups in total. The van der Waals surface area contributed by atoms with Gasteiger partial charge in [-0.25, -0.2) is 0 Å². The predicted octanol–water partition coefficient (Wildman–Crippen LogP) is 4.80. The van der Waals surface area contributed by atoms with Gasteiger partial charge < -0.3 is 4.74 Å². The summed E-state index contributed by atoms with van der Waals surface area (Å²) in [7, 11) is 1.51. The lowest BCUT2D eigenvalue weighted by Crippen LogP contribution is -2.27. The molecule has 0 spiro atoms. The second kappa shape index (κ2) is 7.74. The molecular formula is C17H12Cl2N2O2S2. The number of pyridine rings is 1. The minimum absolute atomic E-state index is 0.169. The third kappa shape index (κ3) is 3.98. The number of amides is 1. The number of benzene rings is 1. The molecule has 1 aliphatic heterocycles. The first-order chi connectivity index (χ1) is 12.0. The molecule has 1 aromatic carbocycles. The Morgan fingerprint density at radius 3 is 2.88 bits per heavy atom. The highest BCUT2D eigenvalue weighted by Gasteiger charge is 2.32. The zero-order valence-electron chi connectivity index (χ0n) is 13.0. The van der Waals surface area contributed by atoms with Crippen LogP contribution in [0.4, 0.5) is 0 Å².